The van der Waals surface area contributed by atoms with Gasteiger partial charge in [0.15, 0.2) is 0 Å². The van der Waals surface area contributed by atoms with Gasteiger partial charge in [0.25, 0.3) is 0 Å². The van der Waals surface area contributed by atoms with Gasteiger partial charge in [-0.1, -0.05) is 0 Å². The molecule has 0 aromatic carbocycles. The van der Waals surface area contributed by atoms with E-state index in [1.807, 2.05) is 0 Å². The molecular weight excluding hydrogens is 230 g/mol. The minimum atomic E-state index is -1.17. The van der Waals surface area contributed by atoms with E-state index in [1.165, 1.54) is 18.9 Å². The molecule has 0 bridgehead atoms. The van der Waals surface area contributed by atoms with E-state index in [9.17, 15) is 19.2 Å². The van der Waals surface area contributed by atoms with Gasteiger partial charge in [0.2, 0.25) is 17.7 Å². The largest absolute Gasteiger partial charge is 0.480 e. The minimum absolute atomic E-state index is 0.151. The molecule has 8 heteroatoms. The van der Waals surface area contributed by atoms with Crippen LogP contribution in [-0.2, 0) is 19.2 Å². The topological polar surface area (TPSA) is 116 Å². The maximum atomic E-state index is 11.2. The number of hydrogen-bond donors (Lipinski definition) is 3. The number of carboxylic acids is 1. The molecule has 0 fully saturated rings. The van der Waals surface area contributed by atoms with Gasteiger partial charge in [0, 0.05) is 14.0 Å². The average Bonchev–Trinajstić information content (AvgIpc) is 2.23. The van der Waals surface area contributed by atoms with Crippen LogP contribution in [0.5, 0.6) is 0 Å². The van der Waals surface area contributed by atoms with Crippen molar-refractivity contribution in [3.63, 3.8) is 0 Å². The van der Waals surface area contributed by atoms with E-state index in [4.69, 9.17) is 5.11 Å². The second-order valence-corrected chi connectivity index (χ2v) is 3.32. The van der Waals surface area contributed by atoms with Crippen LogP contribution in [0.3, 0.4) is 0 Å². The molecule has 0 atom stereocenters. The van der Waals surface area contributed by atoms with Crippen LogP contribution in [0.1, 0.15) is 6.92 Å². The maximum absolute atomic E-state index is 11.2. The average molecular weight is 245 g/mol. The summed E-state index contributed by atoms with van der Waals surface area (Å²) in [6.45, 7) is 0.342. The third kappa shape index (κ3) is 7.77. The zero-order valence-corrected chi connectivity index (χ0v) is 9.65. The molecule has 0 saturated heterocycles. The Hall–Kier alpha value is -2.12. The molecule has 0 aliphatic carbocycles. The number of amides is 3. The van der Waals surface area contributed by atoms with Gasteiger partial charge < -0.3 is 20.6 Å². The van der Waals surface area contributed by atoms with Crippen molar-refractivity contribution in [1.29, 1.82) is 0 Å². The lowest BCUT2D eigenvalue weighted by Crippen LogP contribution is -2.43. The van der Waals surface area contributed by atoms with Gasteiger partial charge in [-0.2, -0.15) is 0 Å². The number of rotatable bonds is 6. The minimum Gasteiger partial charge on any atom is -0.480 e. The lowest BCUT2D eigenvalue weighted by Gasteiger charge is -2.13. The Bertz CT molecular complexity index is 329. The standard InChI is InChI=1S/C9H15N3O5/c1-6(13)12(2)5-8(15)10-3-7(14)11-4-9(16)17/h3-5H2,1-2H3,(H,10,15)(H,11,14)(H,16,17). The fourth-order valence-electron chi connectivity index (χ4n) is 0.798. The number of likely N-dealkylation sites (N-methyl/N-ethyl adjacent to an activating group) is 1. The van der Waals surface area contributed by atoms with Crippen LogP contribution in [0.2, 0.25) is 0 Å². The summed E-state index contributed by atoms with van der Waals surface area (Å²) in [7, 11) is 1.45. The third-order valence-electron chi connectivity index (χ3n) is 1.80. The van der Waals surface area contributed by atoms with E-state index in [0.29, 0.717) is 0 Å². The van der Waals surface area contributed by atoms with Crippen molar-refractivity contribution >= 4 is 23.7 Å². The highest BCUT2D eigenvalue weighted by atomic mass is 16.4. The van der Waals surface area contributed by atoms with Gasteiger partial charge in [-0.15, -0.1) is 0 Å². The highest BCUT2D eigenvalue weighted by molar-refractivity contribution is 5.88. The first-order valence-electron chi connectivity index (χ1n) is 4.79. The Balaban J connectivity index is 3.80. The molecule has 96 valence electrons. The molecule has 0 saturated carbocycles. The SMILES string of the molecule is CC(=O)N(C)CC(=O)NCC(=O)NCC(=O)O. The van der Waals surface area contributed by atoms with Gasteiger partial charge in [0.05, 0.1) is 13.1 Å². The van der Waals surface area contributed by atoms with Crippen LogP contribution < -0.4 is 10.6 Å². The number of aliphatic carboxylic acids is 1. The Labute approximate surface area is 98.0 Å². The Morgan fingerprint density at radius 1 is 1.06 bits per heavy atom. The van der Waals surface area contributed by atoms with Crippen molar-refractivity contribution in [2.45, 2.75) is 6.92 Å². The molecule has 0 heterocycles. The number of nitrogens with zero attached hydrogens (tertiary/aromatic N) is 1. The molecule has 0 aliphatic rings. The zero-order valence-electron chi connectivity index (χ0n) is 9.65. The number of carbonyl (C=O) groups is 4. The van der Waals surface area contributed by atoms with Crippen LogP contribution in [0.4, 0.5) is 0 Å². The Kier molecular flexibility index (Phi) is 6.30. The first-order chi connectivity index (χ1) is 7.82. The van der Waals surface area contributed by atoms with E-state index >= 15 is 0 Å². The Morgan fingerprint density at radius 3 is 2.06 bits per heavy atom. The monoisotopic (exact) mass is 245 g/mol. The van der Waals surface area contributed by atoms with Crippen LogP contribution in [-0.4, -0.2) is 60.4 Å². The van der Waals surface area contributed by atoms with Crippen molar-refractivity contribution in [2.24, 2.45) is 0 Å². The third-order valence-corrected chi connectivity index (χ3v) is 1.80. The molecule has 0 unspecified atom stereocenters. The number of nitrogens with one attached hydrogen (secondary N) is 2. The van der Waals surface area contributed by atoms with Crippen molar-refractivity contribution < 1.29 is 24.3 Å². The summed E-state index contributed by atoms with van der Waals surface area (Å²) in [6.07, 6.45) is 0. The lowest BCUT2D eigenvalue weighted by molar-refractivity contribution is -0.138. The number of hydrogen-bond acceptors (Lipinski definition) is 4. The van der Waals surface area contributed by atoms with Gasteiger partial charge in [-0.3, -0.25) is 19.2 Å². The molecular formula is C9H15N3O5. The molecule has 8 nitrogen and oxygen atoms in total. The maximum Gasteiger partial charge on any atom is 0.322 e. The molecule has 3 amide bonds. The Morgan fingerprint density at radius 2 is 1.59 bits per heavy atom. The summed E-state index contributed by atoms with van der Waals surface area (Å²) >= 11 is 0. The second-order valence-electron chi connectivity index (χ2n) is 3.32. The molecule has 17 heavy (non-hydrogen) atoms. The summed E-state index contributed by atoms with van der Waals surface area (Å²) in [5.74, 6) is -2.53. The van der Waals surface area contributed by atoms with Crippen LogP contribution in [0.15, 0.2) is 0 Å². The molecule has 0 aliphatic heterocycles. The first kappa shape index (κ1) is 14.9. The lowest BCUT2D eigenvalue weighted by atomic mass is 10.4. The highest BCUT2D eigenvalue weighted by Gasteiger charge is 2.10. The highest BCUT2D eigenvalue weighted by Crippen LogP contribution is 1.82. The quantitative estimate of drug-likeness (QED) is 0.490. The van der Waals surface area contributed by atoms with E-state index in [-0.39, 0.29) is 19.0 Å². The van der Waals surface area contributed by atoms with E-state index in [2.05, 4.69) is 10.6 Å². The summed E-state index contributed by atoms with van der Waals surface area (Å²) in [4.78, 5) is 44.3. The molecule has 3 N–H and O–H groups in total. The molecule has 0 rings (SSSR count). The van der Waals surface area contributed by atoms with Gasteiger partial charge in [-0.25, -0.2) is 0 Å². The van der Waals surface area contributed by atoms with Crippen LogP contribution in [0.25, 0.3) is 0 Å². The van der Waals surface area contributed by atoms with Gasteiger partial charge >= 0.3 is 5.97 Å². The predicted molar refractivity (Wildman–Crippen MR) is 57.0 cm³/mol. The van der Waals surface area contributed by atoms with Gasteiger partial charge in [-0.05, 0) is 0 Å². The van der Waals surface area contributed by atoms with Crippen molar-refractivity contribution in [3.8, 4) is 0 Å². The first-order valence-corrected chi connectivity index (χ1v) is 4.79. The van der Waals surface area contributed by atoms with Crippen LogP contribution in [0, 0.1) is 0 Å². The summed E-state index contributed by atoms with van der Waals surface area (Å²) in [5, 5.41) is 12.6. The number of carbonyl (C=O) groups excluding carboxylic acids is 3. The molecule has 0 aromatic rings. The zero-order chi connectivity index (χ0) is 13.4. The number of carboxylic acid groups (broad SMARTS) is 1. The predicted octanol–water partition coefficient (Wildman–Crippen LogP) is -2.22. The summed E-state index contributed by atoms with van der Waals surface area (Å²) in [5.41, 5.74) is 0. The normalized spacial score (nSPS) is 9.29. The van der Waals surface area contributed by atoms with E-state index in [1.54, 1.807) is 0 Å². The molecule has 0 radical (unpaired) electrons. The van der Waals surface area contributed by atoms with Crippen molar-refractivity contribution in [1.82, 2.24) is 15.5 Å². The van der Waals surface area contributed by atoms with Crippen molar-refractivity contribution in [3.05, 3.63) is 0 Å². The molecule has 0 aromatic heterocycles. The smallest absolute Gasteiger partial charge is 0.322 e. The van der Waals surface area contributed by atoms with Gasteiger partial charge in [0.1, 0.15) is 6.54 Å². The van der Waals surface area contributed by atoms with E-state index in [0.717, 1.165) is 0 Å². The molecule has 0 spiro atoms. The fourth-order valence-corrected chi connectivity index (χ4v) is 0.798. The fraction of sp³-hybridized carbons (Fsp3) is 0.556. The van der Waals surface area contributed by atoms with Crippen LogP contribution >= 0.6 is 0 Å². The summed E-state index contributed by atoms with van der Waals surface area (Å²) in [6, 6.07) is 0. The van der Waals surface area contributed by atoms with Crippen molar-refractivity contribution in [2.75, 3.05) is 26.7 Å². The van der Waals surface area contributed by atoms with E-state index < -0.39 is 24.3 Å². The summed E-state index contributed by atoms with van der Waals surface area (Å²) < 4.78 is 0. The second kappa shape index (κ2) is 7.20.